The molecule has 0 unspecified atom stereocenters. The molecule has 1 aliphatic rings. The second-order valence-electron chi connectivity index (χ2n) is 5.89. The maximum atomic E-state index is 11.4. The van der Waals surface area contributed by atoms with Gasteiger partial charge in [-0.1, -0.05) is 31.4 Å². The van der Waals surface area contributed by atoms with Crippen LogP contribution in [0.2, 0.25) is 0 Å². The van der Waals surface area contributed by atoms with Crippen molar-refractivity contribution in [2.75, 3.05) is 7.11 Å². The van der Waals surface area contributed by atoms with Crippen LogP contribution in [0.25, 0.3) is 0 Å². The average Bonchev–Trinajstić information content (AvgIpc) is 3.01. The fraction of sp³-hybridized carbons (Fsp3) is 0.412. The summed E-state index contributed by atoms with van der Waals surface area (Å²) >= 11 is 5.30. The molecule has 1 heterocycles. The SMILES string of the molecule is COC(=O)c1ccc(/C=N/n2c(C3CCCCC3)n[nH]c2=S)cc1. The Balaban J connectivity index is 1.80. The zero-order valence-corrected chi connectivity index (χ0v) is 14.4. The number of ether oxygens (including phenoxy) is 1. The summed E-state index contributed by atoms with van der Waals surface area (Å²) < 4.78 is 6.90. The summed E-state index contributed by atoms with van der Waals surface area (Å²) in [4.78, 5) is 11.4. The van der Waals surface area contributed by atoms with E-state index in [1.165, 1.54) is 26.4 Å². The molecule has 0 atom stereocenters. The number of hydrogen-bond acceptors (Lipinski definition) is 5. The van der Waals surface area contributed by atoms with Gasteiger partial charge in [-0.05, 0) is 42.8 Å². The first-order valence-corrected chi connectivity index (χ1v) is 8.50. The van der Waals surface area contributed by atoms with Crippen molar-refractivity contribution in [3.8, 4) is 0 Å². The molecule has 2 aromatic rings. The van der Waals surface area contributed by atoms with Crippen LogP contribution in [0.5, 0.6) is 0 Å². The molecule has 6 nitrogen and oxygen atoms in total. The Kier molecular flexibility index (Phi) is 5.20. The van der Waals surface area contributed by atoms with Gasteiger partial charge in [-0.2, -0.15) is 14.9 Å². The third-order valence-electron chi connectivity index (χ3n) is 4.30. The normalized spacial score (nSPS) is 15.7. The third kappa shape index (κ3) is 3.62. The summed E-state index contributed by atoms with van der Waals surface area (Å²) in [6, 6.07) is 7.06. The van der Waals surface area contributed by atoms with E-state index in [9.17, 15) is 4.79 Å². The number of benzene rings is 1. The first kappa shape index (κ1) is 16.6. The van der Waals surface area contributed by atoms with Crippen molar-refractivity contribution in [3.63, 3.8) is 0 Å². The molecule has 7 heteroatoms. The van der Waals surface area contributed by atoms with Crippen LogP contribution in [0, 0.1) is 4.77 Å². The predicted octanol–water partition coefficient (Wildman–Crippen LogP) is 3.66. The van der Waals surface area contributed by atoms with Crippen LogP contribution in [-0.2, 0) is 4.74 Å². The Bertz CT molecular complexity index is 786. The van der Waals surface area contributed by atoms with Gasteiger partial charge in [-0.15, -0.1) is 0 Å². The van der Waals surface area contributed by atoms with Crippen molar-refractivity contribution in [1.29, 1.82) is 0 Å². The number of methoxy groups -OCH3 is 1. The standard InChI is InChI=1S/C17H20N4O2S/c1-23-16(22)14-9-7-12(8-10-14)11-18-21-15(19-20-17(21)24)13-5-3-2-4-6-13/h7-11,13H,2-6H2,1H3,(H,20,24)/b18-11+. The lowest BCUT2D eigenvalue weighted by molar-refractivity contribution is 0.0600. The number of nitrogens with zero attached hydrogens (tertiary/aromatic N) is 3. The topological polar surface area (TPSA) is 72.3 Å². The van der Waals surface area contributed by atoms with Crippen LogP contribution < -0.4 is 0 Å². The van der Waals surface area contributed by atoms with Gasteiger partial charge < -0.3 is 4.74 Å². The van der Waals surface area contributed by atoms with E-state index in [0.717, 1.165) is 24.2 Å². The van der Waals surface area contributed by atoms with Gasteiger partial charge in [0.1, 0.15) is 0 Å². The summed E-state index contributed by atoms with van der Waals surface area (Å²) in [6.45, 7) is 0. The smallest absolute Gasteiger partial charge is 0.337 e. The van der Waals surface area contributed by atoms with E-state index in [1.807, 2.05) is 12.1 Å². The van der Waals surface area contributed by atoms with Crippen LogP contribution in [0.4, 0.5) is 0 Å². The van der Waals surface area contributed by atoms with Gasteiger partial charge >= 0.3 is 5.97 Å². The first-order chi connectivity index (χ1) is 11.7. The van der Waals surface area contributed by atoms with Crippen LogP contribution in [0.3, 0.4) is 0 Å². The molecule has 0 aliphatic heterocycles. The van der Waals surface area contributed by atoms with E-state index in [2.05, 4.69) is 15.3 Å². The minimum absolute atomic E-state index is 0.352. The van der Waals surface area contributed by atoms with Crippen LogP contribution >= 0.6 is 12.2 Å². The lowest BCUT2D eigenvalue weighted by Crippen LogP contribution is -2.10. The molecule has 1 aromatic carbocycles. The molecule has 0 spiro atoms. The zero-order valence-electron chi connectivity index (χ0n) is 13.6. The second kappa shape index (κ2) is 7.53. The van der Waals surface area contributed by atoms with E-state index < -0.39 is 0 Å². The molecular formula is C17H20N4O2S. The van der Waals surface area contributed by atoms with Crippen molar-refractivity contribution in [1.82, 2.24) is 14.9 Å². The summed E-state index contributed by atoms with van der Waals surface area (Å²) in [5.41, 5.74) is 1.39. The molecule has 126 valence electrons. The van der Waals surface area contributed by atoms with Crippen molar-refractivity contribution < 1.29 is 9.53 Å². The molecule has 1 saturated carbocycles. The second-order valence-corrected chi connectivity index (χ2v) is 6.28. The molecule has 1 fully saturated rings. The third-order valence-corrected chi connectivity index (χ3v) is 4.56. The molecule has 1 aliphatic carbocycles. The number of H-pyrrole nitrogens is 1. The van der Waals surface area contributed by atoms with Crippen LogP contribution in [0.1, 0.15) is 59.8 Å². The van der Waals surface area contributed by atoms with Crippen molar-refractivity contribution in [2.45, 2.75) is 38.0 Å². The fourth-order valence-corrected chi connectivity index (χ4v) is 3.17. The number of hydrogen-bond donors (Lipinski definition) is 1. The molecular weight excluding hydrogens is 324 g/mol. The van der Waals surface area contributed by atoms with Gasteiger partial charge in [0.25, 0.3) is 0 Å². The summed E-state index contributed by atoms with van der Waals surface area (Å²) in [5.74, 6) is 0.961. The lowest BCUT2D eigenvalue weighted by Gasteiger charge is -2.19. The highest BCUT2D eigenvalue weighted by Crippen LogP contribution is 2.31. The van der Waals surface area contributed by atoms with Gasteiger partial charge in [-0.25, -0.2) is 4.79 Å². The Morgan fingerprint density at radius 3 is 2.71 bits per heavy atom. The number of esters is 1. The Morgan fingerprint density at radius 2 is 2.04 bits per heavy atom. The van der Waals surface area contributed by atoms with Gasteiger partial charge in [0.2, 0.25) is 4.77 Å². The number of carbonyl (C=O) groups excluding carboxylic acids is 1. The highest BCUT2D eigenvalue weighted by Gasteiger charge is 2.21. The minimum Gasteiger partial charge on any atom is -0.465 e. The quantitative estimate of drug-likeness (QED) is 0.522. The molecule has 0 saturated heterocycles. The number of rotatable bonds is 4. The van der Waals surface area contributed by atoms with Crippen molar-refractivity contribution in [2.24, 2.45) is 5.10 Å². The van der Waals surface area contributed by atoms with E-state index in [-0.39, 0.29) is 5.97 Å². The average molecular weight is 344 g/mol. The molecule has 1 aromatic heterocycles. The van der Waals surface area contributed by atoms with Gasteiger partial charge in [0, 0.05) is 5.92 Å². The summed E-state index contributed by atoms with van der Waals surface area (Å²) in [7, 11) is 1.37. The van der Waals surface area contributed by atoms with Crippen LogP contribution in [0.15, 0.2) is 29.4 Å². The van der Waals surface area contributed by atoms with E-state index >= 15 is 0 Å². The number of aromatic nitrogens is 3. The fourth-order valence-electron chi connectivity index (χ4n) is 2.99. The minimum atomic E-state index is -0.352. The zero-order chi connectivity index (χ0) is 16.9. The highest BCUT2D eigenvalue weighted by atomic mass is 32.1. The molecule has 0 radical (unpaired) electrons. The summed E-state index contributed by atoms with van der Waals surface area (Å²) in [5, 5.41) is 11.7. The first-order valence-electron chi connectivity index (χ1n) is 8.09. The molecule has 24 heavy (non-hydrogen) atoms. The van der Waals surface area contributed by atoms with Crippen LogP contribution in [-0.4, -0.2) is 34.2 Å². The lowest BCUT2D eigenvalue weighted by atomic mass is 9.89. The Hall–Kier alpha value is -2.28. The Morgan fingerprint density at radius 1 is 1.33 bits per heavy atom. The largest absolute Gasteiger partial charge is 0.465 e. The predicted molar refractivity (Wildman–Crippen MR) is 94.0 cm³/mol. The highest BCUT2D eigenvalue weighted by molar-refractivity contribution is 7.71. The van der Waals surface area contributed by atoms with Gasteiger partial charge in [0.05, 0.1) is 18.9 Å². The number of aromatic amines is 1. The Labute approximate surface area is 145 Å². The molecule has 0 amide bonds. The monoisotopic (exact) mass is 344 g/mol. The molecule has 0 bridgehead atoms. The molecule has 1 N–H and O–H groups in total. The maximum absolute atomic E-state index is 11.4. The number of nitrogens with one attached hydrogen (secondary N) is 1. The number of carbonyl (C=O) groups is 1. The maximum Gasteiger partial charge on any atom is 0.337 e. The van der Waals surface area contributed by atoms with Crippen molar-refractivity contribution in [3.05, 3.63) is 46.0 Å². The van der Waals surface area contributed by atoms with Gasteiger partial charge in [-0.3, -0.25) is 5.10 Å². The molecule has 3 rings (SSSR count). The van der Waals surface area contributed by atoms with Crippen molar-refractivity contribution >= 4 is 24.4 Å². The van der Waals surface area contributed by atoms with E-state index in [4.69, 9.17) is 17.0 Å². The van der Waals surface area contributed by atoms with E-state index in [0.29, 0.717) is 16.3 Å². The summed E-state index contributed by atoms with van der Waals surface area (Å²) in [6.07, 6.45) is 7.72. The van der Waals surface area contributed by atoms with Gasteiger partial charge in [0.15, 0.2) is 5.82 Å². The van der Waals surface area contributed by atoms with E-state index in [1.54, 1.807) is 23.0 Å².